The molecule has 0 unspecified atom stereocenters. The van der Waals surface area contributed by atoms with Crippen molar-refractivity contribution in [2.24, 2.45) is 0 Å². The zero-order valence-electron chi connectivity index (χ0n) is 9.78. The quantitative estimate of drug-likeness (QED) is 0.450. The number of rotatable bonds is 5. The number of carbonyl (C=O) groups is 2. The molecule has 0 saturated carbocycles. The molecule has 1 aromatic heterocycles. The van der Waals surface area contributed by atoms with Crippen LogP contribution in [0.4, 0.5) is 10.1 Å². The fraction of sp³-hybridized carbons (Fsp3) is 0.444. The molecule has 0 bridgehead atoms. The van der Waals surface area contributed by atoms with Gasteiger partial charge in [0.1, 0.15) is 12.7 Å². The van der Waals surface area contributed by atoms with E-state index in [-0.39, 0.29) is 23.3 Å². The van der Waals surface area contributed by atoms with E-state index in [0.29, 0.717) is 0 Å². The molecule has 0 aliphatic carbocycles. The average Bonchev–Trinajstić information content (AvgIpc) is 2.75. The van der Waals surface area contributed by atoms with Crippen molar-refractivity contribution in [2.75, 3.05) is 18.1 Å². The molecule has 0 aromatic carbocycles. The van der Waals surface area contributed by atoms with Crippen molar-refractivity contribution in [3.63, 3.8) is 0 Å². The SMILES string of the molecule is CCOC(=O)CN(C(C)=O)c1ncc([N+](=O)[O-])s1. The van der Waals surface area contributed by atoms with Crippen LogP contribution in [0.3, 0.4) is 0 Å². The molecule has 1 amide bonds. The molecule has 0 atom stereocenters. The summed E-state index contributed by atoms with van der Waals surface area (Å²) >= 11 is 0.725. The van der Waals surface area contributed by atoms with Gasteiger partial charge in [-0.15, -0.1) is 0 Å². The lowest BCUT2D eigenvalue weighted by molar-refractivity contribution is -0.380. The molecule has 18 heavy (non-hydrogen) atoms. The summed E-state index contributed by atoms with van der Waals surface area (Å²) in [5, 5.41) is 10.4. The second-order valence-electron chi connectivity index (χ2n) is 3.15. The van der Waals surface area contributed by atoms with E-state index in [1.54, 1.807) is 6.92 Å². The van der Waals surface area contributed by atoms with Gasteiger partial charge in [0.15, 0.2) is 5.13 Å². The van der Waals surface area contributed by atoms with E-state index in [4.69, 9.17) is 4.74 Å². The first-order valence-corrected chi connectivity index (χ1v) is 5.81. The van der Waals surface area contributed by atoms with Gasteiger partial charge in [-0.3, -0.25) is 24.6 Å². The smallest absolute Gasteiger partial charge is 0.345 e. The standard InChI is InChI=1S/C9H11N3O5S/c1-3-17-8(14)5-11(6(2)13)9-10-4-7(18-9)12(15)16/h4H,3,5H2,1-2H3. The van der Waals surface area contributed by atoms with Gasteiger partial charge in [-0.05, 0) is 18.3 Å². The lowest BCUT2D eigenvalue weighted by atomic mass is 10.5. The Bertz CT molecular complexity index is 473. The van der Waals surface area contributed by atoms with E-state index in [1.807, 2.05) is 0 Å². The fourth-order valence-corrected chi connectivity index (χ4v) is 1.89. The maximum Gasteiger partial charge on any atom is 0.345 e. The Labute approximate surface area is 106 Å². The lowest BCUT2D eigenvalue weighted by Crippen LogP contribution is -2.34. The summed E-state index contributed by atoms with van der Waals surface area (Å²) in [7, 11) is 0. The Morgan fingerprint density at radius 3 is 2.72 bits per heavy atom. The number of nitro groups is 1. The molecular weight excluding hydrogens is 262 g/mol. The van der Waals surface area contributed by atoms with E-state index >= 15 is 0 Å². The largest absolute Gasteiger partial charge is 0.465 e. The second-order valence-corrected chi connectivity index (χ2v) is 4.14. The number of hydrogen-bond donors (Lipinski definition) is 0. The number of aromatic nitrogens is 1. The highest BCUT2D eigenvalue weighted by atomic mass is 32.1. The van der Waals surface area contributed by atoms with Gasteiger partial charge >= 0.3 is 11.0 Å². The molecule has 0 radical (unpaired) electrons. The Morgan fingerprint density at radius 2 is 2.28 bits per heavy atom. The minimum absolute atomic E-state index is 0.0993. The van der Waals surface area contributed by atoms with Gasteiger partial charge in [0.05, 0.1) is 11.5 Å². The molecule has 0 saturated heterocycles. The lowest BCUT2D eigenvalue weighted by Gasteiger charge is -2.15. The van der Waals surface area contributed by atoms with Crippen LogP contribution >= 0.6 is 11.3 Å². The van der Waals surface area contributed by atoms with Crippen molar-refractivity contribution in [1.82, 2.24) is 4.98 Å². The third-order valence-electron chi connectivity index (χ3n) is 1.86. The highest BCUT2D eigenvalue weighted by Crippen LogP contribution is 2.28. The van der Waals surface area contributed by atoms with Crippen molar-refractivity contribution in [1.29, 1.82) is 0 Å². The van der Waals surface area contributed by atoms with Gasteiger partial charge in [0.25, 0.3) is 0 Å². The monoisotopic (exact) mass is 273 g/mol. The summed E-state index contributed by atoms with van der Waals surface area (Å²) < 4.78 is 4.71. The zero-order valence-corrected chi connectivity index (χ0v) is 10.6. The van der Waals surface area contributed by atoms with Crippen molar-refractivity contribution in [3.05, 3.63) is 16.3 Å². The van der Waals surface area contributed by atoms with Crippen LogP contribution in [0.5, 0.6) is 0 Å². The molecule has 0 aliphatic heterocycles. The molecule has 1 heterocycles. The highest BCUT2D eigenvalue weighted by molar-refractivity contribution is 7.18. The third kappa shape index (κ3) is 3.48. The molecule has 1 rings (SSSR count). The maximum atomic E-state index is 11.4. The third-order valence-corrected chi connectivity index (χ3v) is 2.84. The number of ether oxygens (including phenoxy) is 1. The Balaban J connectivity index is 2.87. The predicted molar refractivity (Wildman–Crippen MR) is 63.4 cm³/mol. The van der Waals surface area contributed by atoms with Crippen LogP contribution in [-0.2, 0) is 14.3 Å². The summed E-state index contributed by atoms with van der Waals surface area (Å²) in [6.45, 7) is 2.77. The molecule has 8 nitrogen and oxygen atoms in total. The molecule has 1 aromatic rings. The van der Waals surface area contributed by atoms with E-state index in [9.17, 15) is 19.7 Å². The van der Waals surface area contributed by atoms with E-state index in [1.165, 1.54) is 6.92 Å². The first-order chi connectivity index (χ1) is 8.45. The van der Waals surface area contributed by atoms with Crippen molar-refractivity contribution < 1.29 is 19.2 Å². The minimum atomic E-state index is -0.607. The fourth-order valence-electron chi connectivity index (χ4n) is 1.12. The number of nitrogens with zero attached hydrogens (tertiary/aromatic N) is 3. The Kier molecular flexibility index (Phi) is 4.72. The number of carbonyl (C=O) groups excluding carboxylic acids is 2. The van der Waals surface area contributed by atoms with Crippen LogP contribution in [0, 0.1) is 10.1 Å². The second kappa shape index (κ2) is 6.05. The van der Waals surface area contributed by atoms with Gasteiger partial charge < -0.3 is 4.74 Å². The van der Waals surface area contributed by atoms with Gasteiger partial charge in [-0.25, -0.2) is 4.98 Å². The first kappa shape index (κ1) is 14.0. The summed E-state index contributed by atoms with van der Waals surface area (Å²) in [6, 6.07) is 0. The number of amides is 1. The topological polar surface area (TPSA) is 103 Å². The van der Waals surface area contributed by atoms with E-state index < -0.39 is 16.8 Å². The summed E-state index contributed by atoms with van der Waals surface area (Å²) in [4.78, 5) is 37.4. The van der Waals surface area contributed by atoms with Crippen LogP contribution in [0.1, 0.15) is 13.8 Å². The number of thiazole rings is 1. The molecule has 0 aliphatic rings. The highest BCUT2D eigenvalue weighted by Gasteiger charge is 2.22. The Morgan fingerprint density at radius 1 is 1.61 bits per heavy atom. The van der Waals surface area contributed by atoms with Crippen molar-refractivity contribution in [3.8, 4) is 0 Å². The maximum absolute atomic E-state index is 11.4. The van der Waals surface area contributed by atoms with E-state index in [0.717, 1.165) is 22.4 Å². The summed E-state index contributed by atoms with van der Waals surface area (Å²) in [6.07, 6.45) is 1.04. The predicted octanol–water partition coefficient (Wildman–Crippen LogP) is 0.967. The molecular formula is C9H11N3O5S. The van der Waals surface area contributed by atoms with Gasteiger partial charge in [-0.1, -0.05) is 0 Å². The molecule has 0 N–H and O–H groups in total. The van der Waals surface area contributed by atoms with Crippen LogP contribution < -0.4 is 4.90 Å². The molecule has 0 fully saturated rings. The van der Waals surface area contributed by atoms with Gasteiger partial charge in [0, 0.05) is 6.92 Å². The number of anilines is 1. The number of hydrogen-bond acceptors (Lipinski definition) is 7. The van der Waals surface area contributed by atoms with Gasteiger partial charge in [0.2, 0.25) is 5.91 Å². The van der Waals surface area contributed by atoms with Crippen molar-refractivity contribution in [2.45, 2.75) is 13.8 Å². The number of esters is 1. The summed E-state index contributed by atoms with van der Waals surface area (Å²) in [5.41, 5.74) is 0. The molecule has 98 valence electrons. The Hall–Kier alpha value is -2.03. The van der Waals surface area contributed by atoms with Gasteiger partial charge in [-0.2, -0.15) is 0 Å². The summed E-state index contributed by atoms with van der Waals surface area (Å²) in [5.74, 6) is -1.03. The minimum Gasteiger partial charge on any atom is -0.465 e. The zero-order chi connectivity index (χ0) is 13.7. The normalized spacial score (nSPS) is 9.89. The van der Waals surface area contributed by atoms with Crippen LogP contribution in [0.15, 0.2) is 6.20 Å². The van der Waals surface area contributed by atoms with Crippen LogP contribution in [-0.4, -0.2) is 34.9 Å². The molecule has 9 heteroatoms. The van der Waals surface area contributed by atoms with Crippen LogP contribution in [0.25, 0.3) is 0 Å². The van der Waals surface area contributed by atoms with Crippen molar-refractivity contribution >= 4 is 33.3 Å². The first-order valence-electron chi connectivity index (χ1n) is 4.99. The van der Waals surface area contributed by atoms with E-state index in [2.05, 4.69) is 4.98 Å². The average molecular weight is 273 g/mol. The molecule has 0 spiro atoms. The van der Waals surface area contributed by atoms with Crippen LogP contribution in [0.2, 0.25) is 0 Å².